The van der Waals surface area contributed by atoms with Gasteiger partial charge < -0.3 is 0 Å². The normalized spacial score (nSPS) is 11.4. The van der Waals surface area contributed by atoms with Crippen LogP contribution < -0.4 is 0 Å². The van der Waals surface area contributed by atoms with Crippen LogP contribution in [0.5, 0.6) is 0 Å². The Labute approximate surface area is 83.2 Å². The molecule has 0 unspecified atom stereocenters. The van der Waals surface area contributed by atoms with Crippen LogP contribution in [0.15, 0.2) is 23.6 Å². The number of thiophene rings is 1. The first-order valence-electron chi connectivity index (χ1n) is 4.66. The van der Waals surface area contributed by atoms with Crippen molar-refractivity contribution in [3.63, 3.8) is 0 Å². The predicted octanol–water partition coefficient (Wildman–Crippen LogP) is 4.33. The Balaban J connectivity index is 2.71. The molecule has 0 atom stereocenters. The average Bonchev–Trinajstić information content (AvgIpc) is 2.46. The molecule has 0 bridgehead atoms. The third-order valence-corrected chi connectivity index (χ3v) is 3.36. The summed E-state index contributed by atoms with van der Waals surface area (Å²) in [6.45, 7) is 6.66. The van der Waals surface area contributed by atoms with Gasteiger partial charge in [-0.2, -0.15) is 0 Å². The Bertz CT molecular complexity index is 424. The number of hydrogen-bond donors (Lipinski definition) is 0. The van der Waals surface area contributed by atoms with E-state index in [1.165, 1.54) is 21.2 Å². The molecule has 2 aromatic rings. The monoisotopic (exact) mass is 190 g/mol. The standard InChI is InChI=1S/C12H14S/c1-8(2)11-7-13-12-5-4-9(3)6-10(11)12/h4-8H,1-3H3. The highest BCUT2D eigenvalue weighted by Crippen LogP contribution is 2.31. The summed E-state index contributed by atoms with van der Waals surface area (Å²) in [6.07, 6.45) is 0. The number of aryl methyl sites for hydroxylation is 1. The Kier molecular flexibility index (Phi) is 2.12. The third kappa shape index (κ3) is 1.49. The van der Waals surface area contributed by atoms with Crippen molar-refractivity contribution in [1.82, 2.24) is 0 Å². The lowest BCUT2D eigenvalue weighted by molar-refractivity contribution is 0.880. The van der Waals surface area contributed by atoms with E-state index in [2.05, 4.69) is 44.4 Å². The van der Waals surface area contributed by atoms with Crippen LogP contribution in [0.4, 0.5) is 0 Å². The van der Waals surface area contributed by atoms with Crippen molar-refractivity contribution in [2.24, 2.45) is 0 Å². The van der Waals surface area contributed by atoms with Gasteiger partial charge in [0.05, 0.1) is 0 Å². The molecular formula is C12H14S. The van der Waals surface area contributed by atoms with E-state index in [9.17, 15) is 0 Å². The summed E-state index contributed by atoms with van der Waals surface area (Å²) in [4.78, 5) is 0. The van der Waals surface area contributed by atoms with Crippen LogP contribution in [-0.4, -0.2) is 0 Å². The molecule has 0 aliphatic carbocycles. The van der Waals surface area contributed by atoms with Gasteiger partial charge in [0.25, 0.3) is 0 Å². The molecule has 1 aromatic heterocycles. The quantitative estimate of drug-likeness (QED) is 0.627. The van der Waals surface area contributed by atoms with Gasteiger partial charge in [0.2, 0.25) is 0 Å². The Morgan fingerprint density at radius 3 is 2.69 bits per heavy atom. The number of benzene rings is 1. The second-order valence-corrected chi connectivity index (χ2v) is 4.76. The summed E-state index contributed by atoms with van der Waals surface area (Å²) in [5, 5.41) is 3.73. The molecule has 0 nitrogen and oxygen atoms in total. The topological polar surface area (TPSA) is 0 Å². The van der Waals surface area contributed by atoms with Crippen molar-refractivity contribution in [3.8, 4) is 0 Å². The largest absolute Gasteiger partial charge is 0.144 e. The van der Waals surface area contributed by atoms with Gasteiger partial charge in [0.1, 0.15) is 0 Å². The van der Waals surface area contributed by atoms with E-state index in [1.807, 2.05) is 11.3 Å². The first-order chi connectivity index (χ1) is 6.18. The van der Waals surface area contributed by atoms with E-state index in [1.54, 1.807) is 0 Å². The molecule has 1 aromatic carbocycles. The minimum Gasteiger partial charge on any atom is -0.144 e. The van der Waals surface area contributed by atoms with Crippen molar-refractivity contribution < 1.29 is 0 Å². The molecule has 68 valence electrons. The first kappa shape index (κ1) is 8.76. The van der Waals surface area contributed by atoms with Gasteiger partial charge in [-0.05, 0) is 35.2 Å². The van der Waals surface area contributed by atoms with Crippen molar-refractivity contribution in [2.45, 2.75) is 26.7 Å². The average molecular weight is 190 g/mol. The van der Waals surface area contributed by atoms with Crippen LogP contribution in [-0.2, 0) is 0 Å². The minimum atomic E-state index is 0.635. The first-order valence-corrected chi connectivity index (χ1v) is 5.54. The van der Waals surface area contributed by atoms with Crippen LogP contribution in [0.2, 0.25) is 0 Å². The van der Waals surface area contributed by atoms with Gasteiger partial charge in [0.15, 0.2) is 0 Å². The Hall–Kier alpha value is -0.820. The summed E-state index contributed by atoms with van der Waals surface area (Å²) in [5.74, 6) is 0.635. The fourth-order valence-electron chi connectivity index (χ4n) is 1.61. The van der Waals surface area contributed by atoms with Gasteiger partial charge in [-0.15, -0.1) is 11.3 Å². The highest BCUT2D eigenvalue weighted by molar-refractivity contribution is 7.17. The van der Waals surface area contributed by atoms with E-state index in [4.69, 9.17) is 0 Å². The van der Waals surface area contributed by atoms with Gasteiger partial charge >= 0.3 is 0 Å². The van der Waals surface area contributed by atoms with E-state index < -0.39 is 0 Å². The van der Waals surface area contributed by atoms with E-state index in [0.717, 1.165) is 0 Å². The van der Waals surface area contributed by atoms with Crippen molar-refractivity contribution in [3.05, 3.63) is 34.7 Å². The molecule has 0 aliphatic heterocycles. The lowest BCUT2D eigenvalue weighted by Gasteiger charge is -2.02. The maximum Gasteiger partial charge on any atom is 0.0345 e. The van der Waals surface area contributed by atoms with Crippen LogP contribution in [0.1, 0.15) is 30.9 Å². The third-order valence-electron chi connectivity index (χ3n) is 2.38. The van der Waals surface area contributed by atoms with Crippen LogP contribution in [0, 0.1) is 6.92 Å². The molecule has 1 heteroatoms. The molecule has 2 rings (SSSR count). The molecule has 0 N–H and O–H groups in total. The lowest BCUT2D eigenvalue weighted by atomic mass is 10.0. The van der Waals surface area contributed by atoms with Gasteiger partial charge in [0, 0.05) is 4.70 Å². The number of fused-ring (bicyclic) bond motifs is 1. The van der Waals surface area contributed by atoms with Crippen molar-refractivity contribution in [1.29, 1.82) is 0 Å². The Morgan fingerprint density at radius 2 is 2.00 bits per heavy atom. The molecule has 0 saturated carbocycles. The molecule has 0 amide bonds. The van der Waals surface area contributed by atoms with Crippen LogP contribution in [0.25, 0.3) is 10.1 Å². The number of hydrogen-bond acceptors (Lipinski definition) is 1. The summed E-state index contributed by atoms with van der Waals surface area (Å²) in [7, 11) is 0. The van der Waals surface area contributed by atoms with Crippen molar-refractivity contribution in [2.75, 3.05) is 0 Å². The zero-order valence-electron chi connectivity index (χ0n) is 8.29. The maximum atomic E-state index is 2.29. The molecule has 0 radical (unpaired) electrons. The van der Waals surface area contributed by atoms with Gasteiger partial charge in [-0.25, -0.2) is 0 Å². The van der Waals surface area contributed by atoms with Crippen LogP contribution in [0.3, 0.4) is 0 Å². The molecular weight excluding hydrogens is 176 g/mol. The molecule has 0 aliphatic rings. The smallest absolute Gasteiger partial charge is 0.0345 e. The highest BCUT2D eigenvalue weighted by atomic mass is 32.1. The van der Waals surface area contributed by atoms with E-state index in [-0.39, 0.29) is 0 Å². The molecule has 0 spiro atoms. The SMILES string of the molecule is Cc1ccc2scc(C(C)C)c2c1. The van der Waals surface area contributed by atoms with E-state index in [0.29, 0.717) is 5.92 Å². The molecule has 13 heavy (non-hydrogen) atoms. The second-order valence-electron chi connectivity index (χ2n) is 3.85. The number of rotatable bonds is 1. The zero-order valence-corrected chi connectivity index (χ0v) is 9.11. The fourth-order valence-corrected chi connectivity index (χ4v) is 2.71. The second kappa shape index (κ2) is 3.15. The van der Waals surface area contributed by atoms with Crippen LogP contribution >= 0.6 is 11.3 Å². The van der Waals surface area contributed by atoms with E-state index >= 15 is 0 Å². The fraction of sp³-hybridized carbons (Fsp3) is 0.333. The summed E-state index contributed by atoms with van der Waals surface area (Å²) >= 11 is 1.85. The predicted molar refractivity (Wildman–Crippen MR) is 60.7 cm³/mol. The van der Waals surface area contributed by atoms with Gasteiger partial charge in [-0.1, -0.05) is 31.5 Å². The lowest BCUT2D eigenvalue weighted by Crippen LogP contribution is -1.83. The summed E-state index contributed by atoms with van der Waals surface area (Å²) in [6, 6.07) is 6.70. The minimum absolute atomic E-state index is 0.635. The summed E-state index contributed by atoms with van der Waals surface area (Å²) in [5.41, 5.74) is 2.84. The highest BCUT2D eigenvalue weighted by Gasteiger charge is 2.06. The molecule has 0 saturated heterocycles. The zero-order chi connectivity index (χ0) is 9.42. The van der Waals surface area contributed by atoms with Gasteiger partial charge in [-0.3, -0.25) is 0 Å². The Morgan fingerprint density at radius 1 is 1.23 bits per heavy atom. The maximum absolute atomic E-state index is 2.29. The summed E-state index contributed by atoms with van der Waals surface area (Å²) < 4.78 is 1.41. The van der Waals surface area contributed by atoms with Crippen molar-refractivity contribution >= 4 is 21.4 Å². The molecule has 1 heterocycles. The molecule has 0 fully saturated rings.